The summed E-state index contributed by atoms with van der Waals surface area (Å²) in [5.74, 6) is 0.604. The van der Waals surface area contributed by atoms with Crippen LogP contribution in [0.4, 0.5) is 0 Å². The van der Waals surface area contributed by atoms with Crippen molar-refractivity contribution in [3.05, 3.63) is 0 Å². The molecule has 0 heterocycles. The molecular weight excluding hydrogens is 168 g/mol. The molecule has 0 atom stereocenters. The molecule has 0 aromatic rings. The van der Waals surface area contributed by atoms with E-state index in [0.29, 0.717) is 6.61 Å². The van der Waals surface area contributed by atoms with Gasteiger partial charge in [-0.2, -0.15) is 0 Å². The van der Waals surface area contributed by atoms with Gasteiger partial charge in [0.15, 0.2) is 0 Å². The molecule has 0 radical (unpaired) electrons. The Kier molecular flexibility index (Phi) is 4.22. The van der Waals surface area contributed by atoms with Crippen LogP contribution < -0.4 is 0 Å². The van der Waals surface area contributed by atoms with Crippen molar-refractivity contribution in [2.24, 2.45) is 5.92 Å². The van der Waals surface area contributed by atoms with Gasteiger partial charge in [-0.15, -0.1) is 0 Å². The number of carbonyl (C=O) groups excluding carboxylic acids is 1. The van der Waals surface area contributed by atoms with Gasteiger partial charge in [-0.25, -0.2) is 4.79 Å². The first-order valence-corrected chi connectivity index (χ1v) is 4.95. The van der Waals surface area contributed by atoms with Gasteiger partial charge in [0.1, 0.15) is 6.61 Å². The summed E-state index contributed by atoms with van der Waals surface area (Å²) in [7, 11) is 0. The highest BCUT2D eigenvalue weighted by Gasteiger charge is 2.20. The highest BCUT2D eigenvalue weighted by Crippen LogP contribution is 2.31. The van der Waals surface area contributed by atoms with Gasteiger partial charge in [-0.1, -0.05) is 12.8 Å². The minimum Gasteiger partial charge on any atom is -0.461 e. The monoisotopic (exact) mass is 186 g/mol. The lowest BCUT2D eigenvalue weighted by Gasteiger charge is -2.07. The fourth-order valence-corrected chi connectivity index (χ4v) is 1.11. The molecule has 13 heavy (non-hydrogen) atoms. The van der Waals surface area contributed by atoms with Crippen LogP contribution in [-0.2, 0) is 14.3 Å². The predicted octanol–water partition coefficient (Wildman–Crippen LogP) is 1.75. The SMILES string of the molecule is CC(C)OC(=O)COCCC1CC1. The zero-order chi connectivity index (χ0) is 9.68. The van der Waals surface area contributed by atoms with Crippen molar-refractivity contribution in [2.45, 2.75) is 39.2 Å². The average molecular weight is 186 g/mol. The Morgan fingerprint density at radius 2 is 2.15 bits per heavy atom. The summed E-state index contributed by atoms with van der Waals surface area (Å²) in [6.07, 6.45) is 3.72. The van der Waals surface area contributed by atoms with Crippen molar-refractivity contribution in [3.63, 3.8) is 0 Å². The third-order valence-electron chi connectivity index (χ3n) is 1.95. The lowest BCUT2D eigenvalue weighted by molar-refractivity contribution is -0.152. The Morgan fingerprint density at radius 3 is 2.69 bits per heavy atom. The molecule has 0 N–H and O–H groups in total. The highest BCUT2D eigenvalue weighted by atomic mass is 16.6. The van der Waals surface area contributed by atoms with Gasteiger partial charge >= 0.3 is 5.97 Å². The number of rotatable bonds is 6. The molecule has 3 heteroatoms. The zero-order valence-electron chi connectivity index (χ0n) is 8.41. The number of esters is 1. The van der Waals surface area contributed by atoms with Crippen molar-refractivity contribution in [1.82, 2.24) is 0 Å². The van der Waals surface area contributed by atoms with Crippen molar-refractivity contribution in [2.75, 3.05) is 13.2 Å². The summed E-state index contributed by atoms with van der Waals surface area (Å²) < 4.78 is 10.1. The maximum Gasteiger partial charge on any atom is 0.332 e. The number of hydrogen-bond acceptors (Lipinski definition) is 3. The molecule has 0 aromatic heterocycles. The quantitative estimate of drug-likeness (QED) is 0.468. The number of hydrogen-bond donors (Lipinski definition) is 0. The largest absolute Gasteiger partial charge is 0.461 e. The predicted molar refractivity (Wildman–Crippen MR) is 49.4 cm³/mol. The lowest BCUT2D eigenvalue weighted by atomic mass is 10.3. The molecule has 0 spiro atoms. The normalized spacial score (nSPS) is 16.2. The second kappa shape index (κ2) is 5.22. The molecule has 1 rings (SSSR count). The number of carbonyl (C=O) groups is 1. The summed E-state index contributed by atoms with van der Waals surface area (Å²) in [6.45, 7) is 4.47. The Morgan fingerprint density at radius 1 is 1.46 bits per heavy atom. The smallest absolute Gasteiger partial charge is 0.332 e. The van der Waals surface area contributed by atoms with E-state index < -0.39 is 0 Å². The van der Waals surface area contributed by atoms with Crippen LogP contribution in [0.25, 0.3) is 0 Å². The van der Waals surface area contributed by atoms with Crippen LogP contribution in [0, 0.1) is 5.92 Å². The van der Waals surface area contributed by atoms with Gasteiger partial charge in [0.25, 0.3) is 0 Å². The average Bonchev–Trinajstić information content (AvgIpc) is 2.80. The summed E-state index contributed by atoms with van der Waals surface area (Å²) in [4.78, 5) is 11.0. The molecule has 1 aliphatic carbocycles. The second-order valence-corrected chi connectivity index (χ2v) is 3.82. The van der Waals surface area contributed by atoms with Crippen LogP contribution in [0.1, 0.15) is 33.1 Å². The Hall–Kier alpha value is -0.570. The van der Waals surface area contributed by atoms with E-state index in [1.807, 2.05) is 13.8 Å². The fraction of sp³-hybridized carbons (Fsp3) is 0.900. The molecule has 0 aromatic carbocycles. The molecule has 0 aliphatic heterocycles. The maximum atomic E-state index is 11.0. The van der Waals surface area contributed by atoms with E-state index in [9.17, 15) is 4.79 Å². The summed E-state index contributed by atoms with van der Waals surface area (Å²) in [6, 6.07) is 0. The van der Waals surface area contributed by atoms with Crippen LogP contribution in [0.15, 0.2) is 0 Å². The standard InChI is InChI=1S/C10H18O3/c1-8(2)13-10(11)7-12-6-5-9-3-4-9/h8-9H,3-7H2,1-2H3. The van der Waals surface area contributed by atoms with E-state index >= 15 is 0 Å². The van der Waals surface area contributed by atoms with Crippen molar-refractivity contribution in [3.8, 4) is 0 Å². The van der Waals surface area contributed by atoms with Crippen LogP contribution >= 0.6 is 0 Å². The Balaban J connectivity index is 1.88. The molecule has 0 unspecified atom stereocenters. The molecular formula is C10H18O3. The van der Waals surface area contributed by atoms with E-state index in [0.717, 1.165) is 12.3 Å². The van der Waals surface area contributed by atoms with Crippen LogP contribution in [0.3, 0.4) is 0 Å². The van der Waals surface area contributed by atoms with Gasteiger partial charge in [-0.3, -0.25) is 0 Å². The molecule has 3 nitrogen and oxygen atoms in total. The van der Waals surface area contributed by atoms with E-state index in [-0.39, 0.29) is 18.7 Å². The van der Waals surface area contributed by atoms with Crippen LogP contribution in [0.2, 0.25) is 0 Å². The lowest BCUT2D eigenvalue weighted by Crippen LogP contribution is -2.17. The molecule has 0 saturated heterocycles. The van der Waals surface area contributed by atoms with Crippen molar-refractivity contribution >= 4 is 5.97 Å². The highest BCUT2D eigenvalue weighted by molar-refractivity contribution is 5.70. The first-order chi connectivity index (χ1) is 6.18. The molecule has 1 saturated carbocycles. The van der Waals surface area contributed by atoms with Gasteiger partial charge in [0, 0.05) is 6.61 Å². The first-order valence-electron chi connectivity index (χ1n) is 4.95. The van der Waals surface area contributed by atoms with Crippen LogP contribution in [0.5, 0.6) is 0 Å². The molecule has 0 amide bonds. The van der Waals surface area contributed by atoms with Gasteiger partial charge in [-0.05, 0) is 26.2 Å². The summed E-state index contributed by atoms with van der Waals surface area (Å²) in [5, 5.41) is 0. The van der Waals surface area contributed by atoms with E-state index in [2.05, 4.69) is 0 Å². The Labute approximate surface area is 79.4 Å². The molecule has 0 bridgehead atoms. The maximum absolute atomic E-state index is 11.0. The van der Waals surface area contributed by atoms with E-state index in [4.69, 9.17) is 9.47 Å². The topological polar surface area (TPSA) is 35.5 Å². The third-order valence-corrected chi connectivity index (χ3v) is 1.95. The van der Waals surface area contributed by atoms with Crippen molar-refractivity contribution < 1.29 is 14.3 Å². The van der Waals surface area contributed by atoms with E-state index in [1.165, 1.54) is 12.8 Å². The third kappa shape index (κ3) is 5.64. The zero-order valence-corrected chi connectivity index (χ0v) is 8.41. The summed E-state index contributed by atoms with van der Waals surface area (Å²) >= 11 is 0. The molecule has 76 valence electrons. The molecule has 1 aliphatic rings. The first kappa shape index (κ1) is 10.5. The van der Waals surface area contributed by atoms with Gasteiger partial charge < -0.3 is 9.47 Å². The minimum atomic E-state index is -0.259. The Bertz CT molecular complexity index is 162. The molecule has 1 fully saturated rings. The fourth-order valence-electron chi connectivity index (χ4n) is 1.11. The summed E-state index contributed by atoms with van der Waals surface area (Å²) in [5.41, 5.74) is 0. The van der Waals surface area contributed by atoms with Gasteiger partial charge in [0.05, 0.1) is 6.10 Å². The minimum absolute atomic E-state index is 0.0421. The van der Waals surface area contributed by atoms with E-state index in [1.54, 1.807) is 0 Å². The van der Waals surface area contributed by atoms with Crippen LogP contribution in [-0.4, -0.2) is 25.3 Å². The second-order valence-electron chi connectivity index (χ2n) is 3.82. The van der Waals surface area contributed by atoms with Crippen molar-refractivity contribution in [1.29, 1.82) is 0 Å². The number of ether oxygens (including phenoxy) is 2. The van der Waals surface area contributed by atoms with Gasteiger partial charge in [0.2, 0.25) is 0 Å².